The molecule has 0 aromatic carbocycles. The van der Waals surface area contributed by atoms with Crippen LogP contribution in [0.5, 0.6) is 0 Å². The van der Waals surface area contributed by atoms with Crippen molar-refractivity contribution < 1.29 is 23.7 Å². The molecule has 0 aromatic heterocycles. The Bertz CT molecular complexity index is 280. The van der Waals surface area contributed by atoms with E-state index >= 15 is 0 Å². The molecule has 170 valence electrons. The van der Waals surface area contributed by atoms with Crippen LogP contribution in [-0.4, -0.2) is 91.6 Å². The fourth-order valence-electron chi connectivity index (χ4n) is 2.57. The van der Waals surface area contributed by atoms with Crippen LogP contribution in [0, 0.1) is 0 Å². The molecule has 0 unspecified atom stereocenters. The number of likely N-dealkylation sites (N-methyl/N-ethyl adjacent to an activating group) is 1. The van der Waals surface area contributed by atoms with E-state index < -0.39 is 0 Å². The third-order valence-corrected chi connectivity index (χ3v) is 4.31. The predicted molar refractivity (Wildman–Crippen MR) is 115 cm³/mol. The average Bonchev–Trinajstić information content (AvgIpc) is 2.68. The molecule has 0 aliphatic rings. The zero-order chi connectivity index (χ0) is 20.5. The van der Waals surface area contributed by atoms with E-state index in [9.17, 15) is 0 Å². The Balaban J connectivity index is 2.98. The van der Waals surface area contributed by atoms with E-state index in [1.165, 1.54) is 44.9 Å². The van der Waals surface area contributed by atoms with Crippen LogP contribution < -0.4 is 0 Å². The van der Waals surface area contributed by atoms with Gasteiger partial charge < -0.3 is 28.6 Å². The van der Waals surface area contributed by atoms with Crippen molar-refractivity contribution in [1.82, 2.24) is 4.90 Å². The summed E-state index contributed by atoms with van der Waals surface area (Å²) in [7, 11) is 4.07. The number of ether oxygens (including phenoxy) is 5. The maximum Gasteiger partial charge on any atom is 0.0701 e. The van der Waals surface area contributed by atoms with E-state index in [4.69, 9.17) is 23.7 Å². The molecule has 0 bridgehead atoms. The monoisotopic (exact) mass is 405 g/mol. The van der Waals surface area contributed by atoms with Crippen molar-refractivity contribution in [3.63, 3.8) is 0 Å². The summed E-state index contributed by atoms with van der Waals surface area (Å²) in [5.74, 6) is 0. The minimum Gasteiger partial charge on any atom is -0.379 e. The molecule has 0 N–H and O–H groups in total. The number of hydrogen-bond donors (Lipinski definition) is 0. The number of rotatable bonds is 24. The molecule has 0 aliphatic carbocycles. The zero-order valence-electron chi connectivity index (χ0n) is 18.9. The standard InChI is InChI=1S/C22H47NO5/c1-4-5-6-7-8-9-10-11-13-24-15-17-26-19-21-28-22-20-27-18-16-25-14-12-23(2)3/h4-22H2,1-3H3. The lowest BCUT2D eigenvalue weighted by molar-refractivity contribution is -0.0118. The summed E-state index contributed by atoms with van der Waals surface area (Å²) >= 11 is 0. The summed E-state index contributed by atoms with van der Waals surface area (Å²) in [6.07, 6.45) is 10.7. The summed E-state index contributed by atoms with van der Waals surface area (Å²) in [5.41, 5.74) is 0. The highest BCUT2D eigenvalue weighted by Gasteiger charge is 1.95. The van der Waals surface area contributed by atoms with Gasteiger partial charge in [0, 0.05) is 13.2 Å². The second-order valence-corrected chi connectivity index (χ2v) is 7.34. The van der Waals surface area contributed by atoms with E-state index in [1.807, 2.05) is 14.1 Å². The molecular weight excluding hydrogens is 358 g/mol. The van der Waals surface area contributed by atoms with E-state index in [0.717, 1.165) is 26.2 Å². The Morgan fingerprint density at radius 2 is 0.786 bits per heavy atom. The van der Waals surface area contributed by atoms with Crippen molar-refractivity contribution in [2.24, 2.45) is 0 Å². The molecular formula is C22H47NO5. The molecule has 0 atom stereocenters. The van der Waals surface area contributed by atoms with Gasteiger partial charge in [-0.05, 0) is 20.5 Å². The van der Waals surface area contributed by atoms with Crippen LogP contribution in [0.3, 0.4) is 0 Å². The highest BCUT2D eigenvalue weighted by Crippen LogP contribution is 2.08. The predicted octanol–water partition coefficient (Wildman–Crippen LogP) is 3.77. The van der Waals surface area contributed by atoms with Crippen molar-refractivity contribution in [1.29, 1.82) is 0 Å². The first-order valence-electron chi connectivity index (χ1n) is 11.3. The first kappa shape index (κ1) is 27.8. The van der Waals surface area contributed by atoms with Crippen molar-refractivity contribution in [3.8, 4) is 0 Å². The second-order valence-electron chi connectivity index (χ2n) is 7.34. The van der Waals surface area contributed by atoms with Crippen molar-refractivity contribution in [2.75, 3.05) is 86.7 Å². The van der Waals surface area contributed by atoms with Gasteiger partial charge in [-0.25, -0.2) is 0 Å². The van der Waals surface area contributed by atoms with Gasteiger partial charge in [0.05, 0.1) is 59.5 Å². The summed E-state index contributed by atoms with van der Waals surface area (Å²) in [6, 6.07) is 0. The summed E-state index contributed by atoms with van der Waals surface area (Å²) in [5, 5.41) is 0. The number of unbranched alkanes of at least 4 members (excludes halogenated alkanes) is 7. The average molecular weight is 406 g/mol. The molecule has 28 heavy (non-hydrogen) atoms. The normalized spacial score (nSPS) is 11.6. The third-order valence-electron chi connectivity index (χ3n) is 4.31. The lowest BCUT2D eigenvalue weighted by Crippen LogP contribution is -2.19. The van der Waals surface area contributed by atoms with Crippen LogP contribution in [0.1, 0.15) is 58.3 Å². The molecule has 0 fully saturated rings. The molecule has 0 spiro atoms. The van der Waals surface area contributed by atoms with Crippen LogP contribution in [0.15, 0.2) is 0 Å². The molecule has 0 aliphatic heterocycles. The van der Waals surface area contributed by atoms with Gasteiger partial charge in [-0.2, -0.15) is 0 Å². The highest BCUT2D eigenvalue weighted by atomic mass is 16.6. The minimum atomic E-state index is 0.593. The second kappa shape index (κ2) is 24.8. The fourth-order valence-corrected chi connectivity index (χ4v) is 2.57. The lowest BCUT2D eigenvalue weighted by Gasteiger charge is -2.10. The maximum absolute atomic E-state index is 5.59. The molecule has 0 saturated carbocycles. The van der Waals surface area contributed by atoms with Gasteiger partial charge in [0.25, 0.3) is 0 Å². The minimum absolute atomic E-state index is 0.593. The van der Waals surface area contributed by atoms with Crippen LogP contribution in [0.25, 0.3) is 0 Å². The third kappa shape index (κ3) is 25.8. The Hall–Kier alpha value is -0.240. The topological polar surface area (TPSA) is 49.4 Å². The number of hydrogen-bond acceptors (Lipinski definition) is 6. The van der Waals surface area contributed by atoms with Crippen LogP contribution in [0.2, 0.25) is 0 Å². The van der Waals surface area contributed by atoms with Gasteiger partial charge in [0.2, 0.25) is 0 Å². The molecule has 0 aromatic rings. The molecule has 0 amide bonds. The van der Waals surface area contributed by atoms with Gasteiger partial charge in [-0.3, -0.25) is 0 Å². The van der Waals surface area contributed by atoms with Crippen molar-refractivity contribution >= 4 is 0 Å². The van der Waals surface area contributed by atoms with Crippen molar-refractivity contribution in [3.05, 3.63) is 0 Å². The Morgan fingerprint density at radius 3 is 1.21 bits per heavy atom. The molecule has 0 radical (unpaired) electrons. The van der Waals surface area contributed by atoms with E-state index in [1.54, 1.807) is 0 Å². The molecule has 0 rings (SSSR count). The lowest BCUT2D eigenvalue weighted by atomic mass is 10.1. The number of nitrogens with zero attached hydrogens (tertiary/aromatic N) is 1. The van der Waals surface area contributed by atoms with Gasteiger partial charge in [-0.1, -0.05) is 51.9 Å². The van der Waals surface area contributed by atoms with Gasteiger partial charge in [0.15, 0.2) is 0 Å². The Labute approximate surface area is 174 Å². The largest absolute Gasteiger partial charge is 0.379 e. The first-order valence-corrected chi connectivity index (χ1v) is 11.3. The molecule has 0 saturated heterocycles. The van der Waals surface area contributed by atoms with E-state index in [-0.39, 0.29) is 0 Å². The Kier molecular flexibility index (Phi) is 24.6. The van der Waals surface area contributed by atoms with Crippen LogP contribution >= 0.6 is 0 Å². The summed E-state index contributed by atoms with van der Waals surface area (Å²) in [6.45, 7) is 9.75. The van der Waals surface area contributed by atoms with E-state index in [2.05, 4.69) is 11.8 Å². The molecule has 6 heteroatoms. The SMILES string of the molecule is CCCCCCCCCCOCCOCCOCCOCCOCCN(C)C. The van der Waals surface area contributed by atoms with E-state index in [0.29, 0.717) is 52.9 Å². The van der Waals surface area contributed by atoms with Crippen LogP contribution in [-0.2, 0) is 23.7 Å². The van der Waals surface area contributed by atoms with Gasteiger partial charge in [-0.15, -0.1) is 0 Å². The fraction of sp³-hybridized carbons (Fsp3) is 1.00. The molecule has 6 nitrogen and oxygen atoms in total. The first-order chi connectivity index (χ1) is 13.8. The summed E-state index contributed by atoms with van der Waals surface area (Å²) in [4.78, 5) is 2.10. The zero-order valence-corrected chi connectivity index (χ0v) is 18.9. The summed E-state index contributed by atoms with van der Waals surface area (Å²) < 4.78 is 27.4. The van der Waals surface area contributed by atoms with Gasteiger partial charge in [0.1, 0.15) is 0 Å². The smallest absolute Gasteiger partial charge is 0.0701 e. The maximum atomic E-state index is 5.59. The molecule has 0 heterocycles. The quantitative estimate of drug-likeness (QED) is 0.228. The highest BCUT2D eigenvalue weighted by molar-refractivity contribution is 4.46. The van der Waals surface area contributed by atoms with Gasteiger partial charge >= 0.3 is 0 Å². The Morgan fingerprint density at radius 1 is 0.429 bits per heavy atom. The van der Waals surface area contributed by atoms with Crippen molar-refractivity contribution in [2.45, 2.75) is 58.3 Å². The van der Waals surface area contributed by atoms with Crippen LogP contribution in [0.4, 0.5) is 0 Å².